The predicted molar refractivity (Wildman–Crippen MR) is 67.0 cm³/mol. The summed E-state index contributed by atoms with van der Waals surface area (Å²) in [6.07, 6.45) is 9.88. The summed E-state index contributed by atoms with van der Waals surface area (Å²) in [5.74, 6) is 2.25. The average Bonchev–Trinajstić information content (AvgIpc) is 2.22. The zero-order valence-corrected chi connectivity index (χ0v) is 10.9. The lowest BCUT2D eigenvalue weighted by molar-refractivity contribution is 0.886. The second-order valence-corrected chi connectivity index (χ2v) is 2.29. The first kappa shape index (κ1) is 22.9. The van der Waals surface area contributed by atoms with Gasteiger partial charge in [-0.05, 0) is 6.92 Å². The van der Waals surface area contributed by atoms with Crippen LogP contribution in [0.25, 0.3) is 0 Å². The van der Waals surface area contributed by atoms with Crippen molar-refractivity contribution in [3.05, 3.63) is 0 Å². The van der Waals surface area contributed by atoms with E-state index in [4.69, 9.17) is 0 Å². The van der Waals surface area contributed by atoms with Gasteiger partial charge in [0.15, 0.2) is 0 Å². The minimum absolute atomic E-state index is 1.32. The van der Waals surface area contributed by atoms with Crippen LogP contribution >= 0.6 is 0 Å². The fourth-order valence-electron chi connectivity index (χ4n) is 0. The monoisotopic (exact) mass is 186 g/mol. The molecule has 0 N–H and O–H groups in total. The van der Waals surface area contributed by atoms with E-state index in [2.05, 4.69) is 40.0 Å². The molecular formula is C13H30. The quantitative estimate of drug-likeness (QED) is 0.515. The molecule has 0 saturated carbocycles. The number of hydrogen-bond donors (Lipinski definition) is 0. The lowest BCUT2D eigenvalue weighted by Crippen LogP contribution is -1.47. The summed E-state index contributed by atoms with van der Waals surface area (Å²) in [5, 5.41) is 0. The van der Waals surface area contributed by atoms with E-state index in [1.807, 2.05) is 13.8 Å². The molecule has 0 nitrogen and oxygen atoms in total. The van der Waals surface area contributed by atoms with Crippen molar-refractivity contribution in [3.8, 4) is 12.3 Å². The molecule has 82 valence electrons. The molecule has 0 atom stereocenters. The van der Waals surface area contributed by atoms with Crippen molar-refractivity contribution in [2.24, 2.45) is 0 Å². The van der Waals surface area contributed by atoms with Crippen LogP contribution in [0.5, 0.6) is 0 Å². The first-order valence-corrected chi connectivity index (χ1v) is 5.62. The molecule has 0 bridgehead atoms. The Labute approximate surface area is 87.1 Å². The molecule has 0 aromatic carbocycles. The van der Waals surface area contributed by atoms with Gasteiger partial charge in [0.2, 0.25) is 0 Å². The molecule has 0 saturated heterocycles. The van der Waals surface area contributed by atoms with Crippen molar-refractivity contribution < 1.29 is 0 Å². The van der Waals surface area contributed by atoms with Crippen LogP contribution < -0.4 is 0 Å². The van der Waals surface area contributed by atoms with Crippen molar-refractivity contribution in [2.75, 3.05) is 0 Å². The van der Waals surface area contributed by atoms with E-state index in [0.717, 1.165) is 0 Å². The molecule has 13 heavy (non-hydrogen) atoms. The highest BCUT2D eigenvalue weighted by Crippen LogP contribution is 1.77. The Morgan fingerprint density at radius 2 is 0.846 bits per heavy atom. The van der Waals surface area contributed by atoms with Gasteiger partial charge in [0.05, 0.1) is 0 Å². The minimum Gasteiger partial charge on any atom is -0.120 e. The lowest BCUT2D eigenvalue weighted by atomic mass is 10.4. The van der Waals surface area contributed by atoms with E-state index >= 15 is 0 Å². The van der Waals surface area contributed by atoms with Crippen LogP contribution in [0.1, 0.15) is 74.1 Å². The highest BCUT2D eigenvalue weighted by atomic mass is 13.6. The SMILES string of the molecule is C#CC.CC.CCCC.CCCC. The molecule has 0 spiro atoms. The summed E-state index contributed by atoms with van der Waals surface area (Å²) in [6.45, 7) is 14.4. The zero-order valence-electron chi connectivity index (χ0n) is 10.9. The molecule has 0 aliphatic carbocycles. The van der Waals surface area contributed by atoms with E-state index in [9.17, 15) is 0 Å². The molecule has 0 fully saturated rings. The first-order valence-electron chi connectivity index (χ1n) is 5.62. The molecular weight excluding hydrogens is 156 g/mol. The van der Waals surface area contributed by atoms with Gasteiger partial charge >= 0.3 is 0 Å². The van der Waals surface area contributed by atoms with Crippen LogP contribution in [0.3, 0.4) is 0 Å². The first-order chi connectivity index (χ1) is 6.24. The van der Waals surface area contributed by atoms with Crippen LogP contribution in [0.4, 0.5) is 0 Å². The molecule has 0 aromatic heterocycles. The smallest absolute Gasteiger partial charge is 0.00297 e. The second-order valence-electron chi connectivity index (χ2n) is 2.29. The van der Waals surface area contributed by atoms with Crippen molar-refractivity contribution in [3.63, 3.8) is 0 Å². The third-order valence-corrected chi connectivity index (χ3v) is 1.000. The van der Waals surface area contributed by atoms with Gasteiger partial charge in [-0.25, -0.2) is 0 Å². The van der Waals surface area contributed by atoms with Crippen LogP contribution in [0.2, 0.25) is 0 Å². The summed E-state index contributed by atoms with van der Waals surface area (Å²) < 4.78 is 0. The van der Waals surface area contributed by atoms with Crippen LogP contribution in [-0.4, -0.2) is 0 Å². The molecule has 0 heterocycles. The Kier molecular flexibility index (Phi) is 109. The average molecular weight is 186 g/mol. The number of hydrogen-bond acceptors (Lipinski definition) is 0. The largest absolute Gasteiger partial charge is 0.120 e. The second kappa shape index (κ2) is 62.0. The molecule has 0 radical (unpaired) electrons. The van der Waals surface area contributed by atoms with E-state index in [-0.39, 0.29) is 0 Å². The number of terminal acetylenes is 1. The third kappa shape index (κ3) is 434. The van der Waals surface area contributed by atoms with Gasteiger partial charge in [-0.1, -0.05) is 67.2 Å². The normalized spacial score (nSPS) is 5.69. The fraction of sp³-hybridized carbons (Fsp3) is 0.846. The van der Waals surface area contributed by atoms with Gasteiger partial charge in [0.25, 0.3) is 0 Å². The highest BCUT2D eigenvalue weighted by molar-refractivity contribution is 4.73. The Balaban J connectivity index is -0.0000000431. The maximum atomic E-state index is 4.60. The van der Waals surface area contributed by atoms with Gasteiger partial charge in [-0.2, -0.15) is 0 Å². The molecule has 0 aliphatic rings. The van der Waals surface area contributed by atoms with Crippen LogP contribution in [0.15, 0.2) is 0 Å². The molecule has 0 heteroatoms. The fourth-order valence-corrected chi connectivity index (χ4v) is 0. The maximum absolute atomic E-state index is 4.60. The number of unbranched alkanes of at least 4 members (excludes halogenated alkanes) is 2. The summed E-state index contributed by atoms with van der Waals surface area (Å²) in [5.41, 5.74) is 0. The predicted octanol–water partition coefficient (Wildman–Crippen LogP) is 5.28. The van der Waals surface area contributed by atoms with E-state index in [1.54, 1.807) is 6.92 Å². The van der Waals surface area contributed by atoms with Gasteiger partial charge in [0, 0.05) is 0 Å². The third-order valence-electron chi connectivity index (χ3n) is 1.000. The maximum Gasteiger partial charge on any atom is -0.00297 e. The van der Waals surface area contributed by atoms with Gasteiger partial charge < -0.3 is 0 Å². The number of rotatable bonds is 2. The van der Waals surface area contributed by atoms with Crippen molar-refractivity contribution in [2.45, 2.75) is 74.1 Å². The van der Waals surface area contributed by atoms with E-state index in [0.29, 0.717) is 0 Å². The van der Waals surface area contributed by atoms with E-state index in [1.165, 1.54) is 25.7 Å². The molecule has 0 amide bonds. The summed E-state index contributed by atoms with van der Waals surface area (Å²) in [6, 6.07) is 0. The van der Waals surface area contributed by atoms with Gasteiger partial charge in [0.1, 0.15) is 0 Å². The summed E-state index contributed by atoms with van der Waals surface area (Å²) in [7, 11) is 0. The minimum atomic E-state index is 1.32. The Morgan fingerprint density at radius 1 is 0.769 bits per heavy atom. The molecule has 0 rings (SSSR count). The topological polar surface area (TPSA) is 0 Å². The van der Waals surface area contributed by atoms with Crippen molar-refractivity contribution >= 4 is 0 Å². The van der Waals surface area contributed by atoms with Gasteiger partial charge in [-0.15, -0.1) is 12.3 Å². The lowest BCUT2D eigenvalue weighted by Gasteiger charge is -1.68. The van der Waals surface area contributed by atoms with Gasteiger partial charge in [-0.3, -0.25) is 0 Å². The molecule has 0 unspecified atom stereocenters. The Bertz CT molecular complexity index is 48.9. The summed E-state index contributed by atoms with van der Waals surface area (Å²) >= 11 is 0. The summed E-state index contributed by atoms with van der Waals surface area (Å²) in [4.78, 5) is 0. The molecule has 0 aromatic rings. The highest BCUT2D eigenvalue weighted by Gasteiger charge is 1.56. The van der Waals surface area contributed by atoms with Crippen molar-refractivity contribution in [1.29, 1.82) is 0 Å². The van der Waals surface area contributed by atoms with Crippen molar-refractivity contribution in [1.82, 2.24) is 0 Å². The standard InChI is InChI=1S/2C4H10.C3H4.C2H6/c2*1-3-4-2;1-3-2;1-2/h2*3-4H2,1-2H3;1H,2H3;1-2H3. The Hall–Kier alpha value is -0.440. The molecule has 0 aliphatic heterocycles. The zero-order chi connectivity index (χ0) is 11.5. The van der Waals surface area contributed by atoms with Crippen LogP contribution in [0, 0.1) is 12.3 Å². The Morgan fingerprint density at radius 3 is 0.846 bits per heavy atom. The van der Waals surface area contributed by atoms with E-state index < -0.39 is 0 Å². The van der Waals surface area contributed by atoms with Crippen LogP contribution in [-0.2, 0) is 0 Å².